The molecule has 0 saturated carbocycles. The van der Waals surface area contributed by atoms with Crippen molar-refractivity contribution in [2.24, 2.45) is 0 Å². The van der Waals surface area contributed by atoms with Gasteiger partial charge in [-0.05, 0) is 68.1 Å². The Kier molecular flexibility index (Phi) is 7.00. The minimum Gasteiger partial charge on any atom is -0.208 e. The molecule has 0 aliphatic rings. The lowest BCUT2D eigenvalue weighted by molar-refractivity contribution is 1.08. The summed E-state index contributed by atoms with van der Waals surface area (Å²) in [7, 11) is 0. The Hall–Kier alpha value is -6.49. The molecule has 3 nitrogen and oxygen atoms in total. The first-order chi connectivity index (χ1) is 25.3. The van der Waals surface area contributed by atoms with Crippen molar-refractivity contribution in [2.75, 3.05) is 0 Å². The Bertz CT molecular complexity index is 2940. The van der Waals surface area contributed by atoms with E-state index in [1.807, 2.05) is 0 Å². The smallest absolute Gasteiger partial charge is 0.165 e. The van der Waals surface area contributed by atoms with Gasteiger partial charge in [0.1, 0.15) is 0 Å². The van der Waals surface area contributed by atoms with E-state index in [2.05, 4.69) is 176 Å². The van der Waals surface area contributed by atoms with E-state index in [4.69, 9.17) is 15.0 Å². The summed E-state index contributed by atoms with van der Waals surface area (Å²) in [6.45, 7) is 0. The molecule has 0 atom stereocenters. The third-order valence-electron chi connectivity index (χ3n) is 9.73. The van der Waals surface area contributed by atoms with Gasteiger partial charge in [-0.15, -0.1) is 11.3 Å². The van der Waals surface area contributed by atoms with Crippen LogP contribution in [-0.2, 0) is 0 Å². The Morgan fingerprint density at radius 3 is 1.78 bits per heavy atom. The van der Waals surface area contributed by atoms with E-state index in [9.17, 15) is 0 Å². The summed E-state index contributed by atoms with van der Waals surface area (Å²) in [5.41, 5.74) is 7.42. The van der Waals surface area contributed by atoms with Gasteiger partial charge in [0.05, 0.1) is 0 Å². The molecule has 10 aromatic rings. The standard InChI is InChI=1S/C47H29N3S/c1-2-14-32-28-34(27-26-30(32)12-1)38-19-5-6-21-41(38)46-48-45(35-17-9-16-33(29-35)37-22-10-15-31-13-3-4-18-36(31)37)49-47(50-46)42-24-11-23-40-39-20-7-8-25-43(39)51-44(40)42/h1-29H. The Labute approximate surface area is 299 Å². The largest absolute Gasteiger partial charge is 0.208 e. The van der Waals surface area contributed by atoms with Crippen LogP contribution in [0, 0.1) is 0 Å². The summed E-state index contributed by atoms with van der Waals surface area (Å²) in [5.74, 6) is 1.95. The molecule has 0 fully saturated rings. The molecule has 0 saturated heterocycles. The lowest BCUT2D eigenvalue weighted by Crippen LogP contribution is -2.01. The maximum absolute atomic E-state index is 5.27. The molecule has 238 valence electrons. The molecule has 0 bridgehead atoms. The lowest BCUT2D eigenvalue weighted by atomic mass is 9.96. The molecule has 10 rings (SSSR count). The summed E-state index contributed by atoms with van der Waals surface area (Å²) >= 11 is 1.79. The number of nitrogens with zero attached hydrogens (tertiary/aromatic N) is 3. The van der Waals surface area contributed by atoms with Gasteiger partial charge in [-0.2, -0.15) is 0 Å². The van der Waals surface area contributed by atoms with Gasteiger partial charge in [-0.1, -0.05) is 152 Å². The first-order valence-electron chi connectivity index (χ1n) is 17.1. The third kappa shape index (κ3) is 5.16. The summed E-state index contributed by atoms with van der Waals surface area (Å²) in [6, 6.07) is 62.2. The van der Waals surface area contributed by atoms with E-state index >= 15 is 0 Å². The zero-order valence-corrected chi connectivity index (χ0v) is 28.3. The van der Waals surface area contributed by atoms with Crippen LogP contribution in [0.3, 0.4) is 0 Å². The topological polar surface area (TPSA) is 38.7 Å². The molecule has 0 aliphatic heterocycles. The van der Waals surface area contributed by atoms with Crippen LogP contribution >= 0.6 is 11.3 Å². The van der Waals surface area contributed by atoms with Crippen LogP contribution in [0.1, 0.15) is 0 Å². The summed E-state index contributed by atoms with van der Waals surface area (Å²) in [6.07, 6.45) is 0. The average molecular weight is 668 g/mol. The monoisotopic (exact) mass is 667 g/mol. The molecule has 2 aromatic heterocycles. The van der Waals surface area contributed by atoms with Gasteiger partial charge in [0.25, 0.3) is 0 Å². The number of rotatable bonds is 5. The first-order valence-corrected chi connectivity index (χ1v) is 17.9. The SMILES string of the molecule is c1cc(-c2nc(-c3ccccc3-c3ccc4ccccc4c3)nc(-c3cccc4c3sc3ccccc34)n2)cc(-c2cccc3ccccc23)c1. The van der Waals surface area contributed by atoms with Crippen LogP contribution in [0.4, 0.5) is 0 Å². The quantitative estimate of drug-likeness (QED) is 0.183. The van der Waals surface area contributed by atoms with E-state index in [1.165, 1.54) is 47.3 Å². The maximum atomic E-state index is 5.27. The molecule has 51 heavy (non-hydrogen) atoms. The third-order valence-corrected chi connectivity index (χ3v) is 11.0. The predicted molar refractivity (Wildman–Crippen MR) is 215 cm³/mol. The maximum Gasteiger partial charge on any atom is 0.165 e. The van der Waals surface area contributed by atoms with Gasteiger partial charge in [0.2, 0.25) is 0 Å². The Morgan fingerprint density at radius 1 is 0.314 bits per heavy atom. The second kappa shape index (κ2) is 12.1. The van der Waals surface area contributed by atoms with Crippen molar-refractivity contribution in [2.45, 2.75) is 0 Å². The number of aromatic nitrogens is 3. The van der Waals surface area contributed by atoms with Crippen LogP contribution in [0.25, 0.3) is 98.1 Å². The van der Waals surface area contributed by atoms with Crippen molar-refractivity contribution >= 4 is 53.1 Å². The molecule has 8 aromatic carbocycles. The lowest BCUT2D eigenvalue weighted by Gasteiger charge is -2.13. The van der Waals surface area contributed by atoms with Crippen molar-refractivity contribution in [1.82, 2.24) is 15.0 Å². The second-order valence-electron chi connectivity index (χ2n) is 12.8. The zero-order chi connectivity index (χ0) is 33.7. The van der Waals surface area contributed by atoms with Gasteiger partial charge in [0, 0.05) is 36.9 Å². The fourth-order valence-corrected chi connectivity index (χ4v) is 8.47. The highest BCUT2D eigenvalue weighted by Gasteiger charge is 2.19. The molecule has 2 heterocycles. The molecule has 0 amide bonds. The van der Waals surface area contributed by atoms with Crippen molar-refractivity contribution in [3.05, 3.63) is 176 Å². The van der Waals surface area contributed by atoms with Gasteiger partial charge < -0.3 is 0 Å². The number of fused-ring (bicyclic) bond motifs is 5. The number of benzene rings is 8. The molecular weight excluding hydrogens is 639 g/mol. The zero-order valence-electron chi connectivity index (χ0n) is 27.5. The average Bonchev–Trinajstić information content (AvgIpc) is 3.59. The van der Waals surface area contributed by atoms with Crippen molar-refractivity contribution in [1.29, 1.82) is 0 Å². The molecule has 0 N–H and O–H groups in total. The Morgan fingerprint density at radius 2 is 0.882 bits per heavy atom. The van der Waals surface area contributed by atoms with Crippen molar-refractivity contribution < 1.29 is 0 Å². The molecule has 4 heteroatoms. The van der Waals surface area contributed by atoms with Crippen molar-refractivity contribution in [3.63, 3.8) is 0 Å². The second-order valence-corrected chi connectivity index (χ2v) is 13.9. The highest BCUT2D eigenvalue weighted by molar-refractivity contribution is 7.26. The van der Waals surface area contributed by atoms with E-state index in [0.717, 1.165) is 33.4 Å². The summed E-state index contributed by atoms with van der Waals surface area (Å²) in [5, 5.41) is 7.31. The number of hydrogen-bond donors (Lipinski definition) is 0. The first kappa shape index (κ1) is 29.4. The van der Waals surface area contributed by atoms with E-state index in [0.29, 0.717) is 17.5 Å². The van der Waals surface area contributed by atoms with Crippen LogP contribution in [-0.4, -0.2) is 15.0 Å². The summed E-state index contributed by atoms with van der Waals surface area (Å²) < 4.78 is 2.42. The van der Waals surface area contributed by atoms with Crippen LogP contribution in [0.5, 0.6) is 0 Å². The van der Waals surface area contributed by atoms with E-state index in [1.54, 1.807) is 11.3 Å². The van der Waals surface area contributed by atoms with Gasteiger partial charge in [-0.25, -0.2) is 15.0 Å². The van der Waals surface area contributed by atoms with Crippen LogP contribution in [0.15, 0.2) is 176 Å². The van der Waals surface area contributed by atoms with Crippen molar-refractivity contribution in [3.8, 4) is 56.4 Å². The summed E-state index contributed by atoms with van der Waals surface area (Å²) in [4.78, 5) is 15.8. The predicted octanol–water partition coefficient (Wildman–Crippen LogP) is 12.9. The number of hydrogen-bond acceptors (Lipinski definition) is 4. The molecular formula is C47H29N3S. The number of thiophene rings is 1. The van der Waals surface area contributed by atoms with Gasteiger partial charge in [0.15, 0.2) is 17.5 Å². The molecule has 0 aliphatic carbocycles. The van der Waals surface area contributed by atoms with Crippen LogP contribution < -0.4 is 0 Å². The highest BCUT2D eigenvalue weighted by atomic mass is 32.1. The van der Waals surface area contributed by atoms with Gasteiger partial charge in [-0.3, -0.25) is 0 Å². The fourth-order valence-electron chi connectivity index (χ4n) is 7.26. The molecule has 0 spiro atoms. The van der Waals surface area contributed by atoms with Crippen LogP contribution in [0.2, 0.25) is 0 Å². The van der Waals surface area contributed by atoms with E-state index in [-0.39, 0.29) is 0 Å². The fraction of sp³-hybridized carbons (Fsp3) is 0. The molecule has 0 radical (unpaired) electrons. The molecule has 0 unspecified atom stereocenters. The van der Waals surface area contributed by atoms with E-state index < -0.39 is 0 Å². The van der Waals surface area contributed by atoms with Gasteiger partial charge >= 0.3 is 0 Å². The normalized spacial score (nSPS) is 11.5. The minimum atomic E-state index is 0.642. The Balaban J connectivity index is 1.20. The minimum absolute atomic E-state index is 0.642. The highest BCUT2D eigenvalue weighted by Crippen LogP contribution is 2.41.